The molecule has 3 aliphatic rings. The molecule has 3 aromatic rings. The number of rotatable bonds is 4. The number of piperidine rings is 1. The third-order valence-electron chi connectivity index (χ3n) is 6.64. The fourth-order valence-corrected chi connectivity index (χ4v) is 4.77. The average Bonchev–Trinajstić information content (AvgIpc) is 3.44. The summed E-state index contributed by atoms with van der Waals surface area (Å²) in [4.78, 5) is 38.3. The molecule has 3 amide bonds. The molecule has 1 atom stereocenters. The number of aryl methyl sites for hydroxylation is 1. The summed E-state index contributed by atoms with van der Waals surface area (Å²) in [6.07, 6.45) is 6.24. The van der Waals surface area contributed by atoms with Crippen LogP contribution in [-0.4, -0.2) is 61.4 Å². The highest BCUT2D eigenvalue weighted by atomic mass is 16.5. The summed E-state index contributed by atoms with van der Waals surface area (Å²) in [7, 11) is 1.89. The fraction of sp³-hybridized carbons (Fsp3) is 0.348. The van der Waals surface area contributed by atoms with Gasteiger partial charge in [0, 0.05) is 42.9 Å². The molecule has 2 saturated heterocycles. The van der Waals surface area contributed by atoms with Crippen molar-refractivity contribution in [2.75, 3.05) is 13.2 Å². The minimum absolute atomic E-state index is 0.179. The summed E-state index contributed by atoms with van der Waals surface area (Å²) < 4.78 is 9.02. The van der Waals surface area contributed by atoms with Crippen LogP contribution in [0.4, 0.5) is 0 Å². The van der Waals surface area contributed by atoms with Gasteiger partial charge in [0.2, 0.25) is 11.8 Å². The van der Waals surface area contributed by atoms with E-state index in [4.69, 9.17) is 4.74 Å². The van der Waals surface area contributed by atoms with Gasteiger partial charge in [0.25, 0.3) is 5.91 Å². The van der Waals surface area contributed by atoms with Crippen LogP contribution < -0.4 is 5.32 Å². The summed E-state index contributed by atoms with van der Waals surface area (Å²) in [6.45, 7) is 1.67. The van der Waals surface area contributed by atoms with Crippen LogP contribution >= 0.6 is 0 Å². The van der Waals surface area contributed by atoms with Crippen LogP contribution in [0.15, 0.2) is 36.8 Å². The van der Waals surface area contributed by atoms with Gasteiger partial charge in [-0.15, -0.1) is 0 Å². The number of benzene rings is 1. The molecule has 1 aromatic carbocycles. The van der Waals surface area contributed by atoms with E-state index in [2.05, 4.69) is 15.5 Å². The van der Waals surface area contributed by atoms with Crippen LogP contribution in [0.3, 0.4) is 0 Å². The van der Waals surface area contributed by atoms with Gasteiger partial charge in [-0.2, -0.15) is 10.2 Å². The number of ether oxygens (including phenoxy) is 1. The van der Waals surface area contributed by atoms with E-state index in [0.29, 0.717) is 31.7 Å². The number of amides is 3. The number of carbonyl (C=O) groups is 3. The predicted octanol–water partition coefficient (Wildman–Crippen LogP) is 1.28. The molecule has 2 aromatic heterocycles. The fourth-order valence-electron chi connectivity index (χ4n) is 4.77. The molecule has 10 nitrogen and oxygen atoms in total. The Balaban J connectivity index is 1.31. The molecular weight excluding hydrogens is 424 g/mol. The van der Waals surface area contributed by atoms with Gasteiger partial charge in [0.05, 0.1) is 37.3 Å². The van der Waals surface area contributed by atoms with E-state index in [9.17, 15) is 14.4 Å². The average molecular weight is 446 g/mol. The maximum absolute atomic E-state index is 13.0. The quantitative estimate of drug-likeness (QED) is 0.605. The predicted molar refractivity (Wildman–Crippen MR) is 116 cm³/mol. The van der Waals surface area contributed by atoms with Crippen molar-refractivity contribution in [2.45, 2.75) is 31.5 Å². The molecule has 0 saturated carbocycles. The van der Waals surface area contributed by atoms with Crippen molar-refractivity contribution < 1.29 is 19.1 Å². The summed E-state index contributed by atoms with van der Waals surface area (Å²) in [5.74, 6) is -0.877. The Bertz CT molecular complexity index is 1300. The minimum atomic E-state index is -0.624. The van der Waals surface area contributed by atoms with Crippen LogP contribution in [0, 0.1) is 0 Å². The van der Waals surface area contributed by atoms with Crippen molar-refractivity contribution in [3.8, 4) is 22.4 Å². The lowest BCUT2D eigenvalue weighted by Gasteiger charge is -2.29. The SMILES string of the molecule is Cn1ncc(-c2ccc3c(c2)CN([C@H]2CCC(=O)NC2=O)C3=O)c1-c1cnn(C2COC2)c1. The summed E-state index contributed by atoms with van der Waals surface area (Å²) in [5.41, 5.74) is 5.23. The van der Waals surface area contributed by atoms with E-state index in [-0.39, 0.29) is 24.3 Å². The Morgan fingerprint density at radius 1 is 1.06 bits per heavy atom. The number of hydrogen-bond donors (Lipinski definition) is 1. The zero-order valence-corrected chi connectivity index (χ0v) is 18.0. The van der Waals surface area contributed by atoms with Gasteiger partial charge >= 0.3 is 0 Å². The second-order valence-electron chi connectivity index (χ2n) is 8.70. The first-order valence-corrected chi connectivity index (χ1v) is 10.9. The third kappa shape index (κ3) is 3.17. The normalized spacial score (nSPS) is 20.7. The third-order valence-corrected chi connectivity index (χ3v) is 6.64. The maximum atomic E-state index is 13.0. The Labute approximate surface area is 189 Å². The molecule has 6 rings (SSSR count). The molecular formula is C23H22N6O4. The van der Waals surface area contributed by atoms with Gasteiger partial charge in [0.1, 0.15) is 6.04 Å². The van der Waals surface area contributed by atoms with E-state index >= 15 is 0 Å². The highest BCUT2D eigenvalue weighted by Crippen LogP contribution is 2.36. The number of carbonyl (C=O) groups excluding carboxylic acids is 3. The van der Waals surface area contributed by atoms with Gasteiger partial charge in [-0.3, -0.25) is 29.1 Å². The Morgan fingerprint density at radius 3 is 2.67 bits per heavy atom. The number of fused-ring (bicyclic) bond motifs is 1. The number of hydrogen-bond acceptors (Lipinski definition) is 6. The van der Waals surface area contributed by atoms with Gasteiger partial charge in [-0.05, 0) is 29.7 Å². The van der Waals surface area contributed by atoms with Crippen molar-refractivity contribution in [1.82, 2.24) is 29.8 Å². The van der Waals surface area contributed by atoms with Gasteiger partial charge < -0.3 is 9.64 Å². The van der Waals surface area contributed by atoms with Crippen LogP contribution in [-0.2, 0) is 27.9 Å². The van der Waals surface area contributed by atoms with Crippen LogP contribution in [0.1, 0.15) is 34.8 Å². The first-order chi connectivity index (χ1) is 16.0. The van der Waals surface area contributed by atoms with Crippen LogP contribution in [0.25, 0.3) is 22.4 Å². The number of aromatic nitrogens is 4. The molecule has 33 heavy (non-hydrogen) atoms. The largest absolute Gasteiger partial charge is 0.377 e. The Kier molecular flexibility index (Phi) is 4.44. The summed E-state index contributed by atoms with van der Waals surface area (Å²) in [5, 5.41) is 11.3. The van der Waals surface area contributed by atoms with E-state index in [1.54, 1.807) is 4.90 Å². The molecule has 2 fully saturated rings. The molecule has 168 valence electrons. The Hall–Kier alpha value is -3.79. The Morgan fingerprint density at radius 2 is 1.91 bits per heavy atom. The molecule has 0 unspecified atom stereocenters. The highest BCUT2D eigenvalue weighted by Gasteiger charge is 2.39. The van der Waals surface area contributed by atoms with Crippen molar-refractivity contribution in [2.24, 2.45) is 7.05 Å². The topological polar surface area (TPSA) is 111 Å². The number of nitrogens with one attached hydrogen (secondary N) is 1. The van der Waals surface area contributed by atoms with Crippen molar-refractivity contribution >= 4 is 17.7 Å². The molecule has 3 aliphatic heterocycles. The van der Waals surface area contributed by atoms with Gasteiger partial charge in [0.15, 0.2) is 0 Å². The molecule has 0 radical (unpaired) electrons. The lowest BCUT2D eigenvalue weighted by Crippen LogP contribution is -2.52. The molecule has 0 bridgehead atoms. The minimum Gasteiger partial charge on any atom is -0.377 e. The first kappa shape index (κ1) is 19.9. The lowest BCUT2D eigenvalue weighted by molar-refractivity contribution is -0.136. The lowest BCUT2D eigenvalue weighted by atomic mass is 9.99. The molecule has 0 spiro atoms. The summed E-state index contributed by atoms with van der Waals surface area (Å²) in [6, 6.07) is 5.35. The van der Waals surface area contributed by atoms with E-state index < -0.39 is 11.9 Å². The van der Waals surface area contributed by atoms with Crippen molar-refractivity contribution in [1.29, 1.82) is 0 Å². The van der Waals surface area contributed by atoms with E-state index in [0.717, 1.165) is 27.9 Å². The molecule has 0 aliphatic carbocycles. The zero-order chi connectivity index (χ0) is 22.7. The van der Waals surface area contributed by atoms with Gasteiger partial charge in [-0.1, -0.05) is 6.07 Å². The maximum Gasteiger partial charge on any atom is 0.255 e. The zero-order valence-electron chi connectivity index (χ0n) is 18.0. The molecule has 1 N–H and O–H groups in total. The number of imide groups is 1. The van der Waals surface area contributed by atoms with Crippen molar-refractivity contribution in [3.05, 3.63) is 47.9 Å². The second kappa shape index (κ2) is 7.38. The van der Waals surface area contributed by atoms with E-state index in [1.807, 2.05) is 53.2 Å². The van der Waals surface area contributed by atoms with Crippen LogP contribution in [0.2, 0.25) is 0 Å². The highest BCUT2D eigenvalue weighted by molar-refractivity contribution is 6.05. The second-order valence-corrected chi connectivity index (χ2v) is 8.70. The summed E-state index contributed by atoms with van der Waals surface area (Å²) >= 11 is 0. The van der Waals surface area contributed by atoms with E-state index in [1.165, 1.54) is 0 Å². The van der Waals surface area contributed by atoms with Crippen LogP contribution in [0.5, 0.6) is 0 Å². The number of nitrogens with zero attached hydrogens (tertiary/aromatic N) is 5. The first-order valence-electron chi connectivity index (χ1n) is 10.9. The van der Waals surface area contributed by atoms with Gasteiger partial charge in [-0.25, -0.2) is 0 Å². The molecule has 10 heteroatoms. The monoisotopic (exact) mass is 446 g/mol. The smallest absolute Gasteiger partial charge is 0.255 e. The molecule has 5 heterocycles. The van der Waals surface area contributed by atoms with Crippen molar-refractivity contribution in [3.63, 3.8) is 0 Å². The standard InChI is InChI=1S/C23H22N6O4/c1-27-21(15-7-25-29(10-15)16-11-33-12-16)18(8-24-27)13-2-3-17-14(6-13)9-28(23(17)32)19-4-5-20(30)26-22(19)31/h2-3,6-8,10,16,19H,4-5,9,11-12H2,1H3,(H,26,30,31)/t19-/m0/s1.